The van der Waals surface area contributed by atoms with Gasteiger partial charge in [0, 0.05) is 0 Å². The molecule has 0 saturated heterocycles. The number of hydrogen-bond acceptors (Lipinski definition) is 3. The second-order valence-corrected chi connectivity index (χ2v) is 12.2. The molecule has 4 nitrogen and oxygen atoms in total. The van der Waals surface area contributed by atoms with Gasteiger partial charge in [-0.2, -0.15) is 0 Å². The van der Waals surface area contributed by atoms with E-state index in [9.17, 15) is 20.1 Å². The summed E-state index contributed by atoms with van der Waals surface area (Å²) in [5.41, 5.74) is 0.531. The first-order valence-electron chi connectivity index (χ1n) is 12.3. The van der Waals surface area contributed by atoms with Gasteiger partial charge >= 0.3 is 5.97 Å². The molecule has 0 aromatic heterocycles. The molecule has 0 spiro atoms. The van der Waals surface area contributed by atoms with E-state index in [0.717, 1.165) is 32.1 Å². The molecule has 0 amide bonds. The van der Waals surface area contributed by atoms with E-state index in [2.05, 4.69) is 20.8 Å². The zero-order valence-corrected chi connectivity index (χ0v) is 18.4. The van der Waals surface area contributed by atoms with Crippen molar-refractivity contribution in [3.63, 3.8) is 0 Å². The zero-order valence-electron chi connectivity index (χ0n) is 18.4. The Morgan fingerprint density at radius 1 is 0.931 bits per heavy atom. The van der Waals surface area contributed by atoms with Crippen LogP contribution in [0.3, 0.4) is 0 Å². The number of carbonyl (C=O) groups is 1. The van der Waals surface area contributed by atoms with Crippen LogP contribution in [0, 0.1) is 58.2 Å². The molecule has 5 aliphatic carbocycles. The lowest BCUT2D eigenvalue weighted by atomic mass is 9.43. The Labute approximate surface area is 175 Å². The molecule has 5 rings (SSSR count). The van der Waals surface area contributed by atoms with E-state index in [4.69, 9.17) is 0 Å². The molecule has 5 fully saturated rings. The summed E-state index contributed by atoms with van der Waals surface area (Å²) in [4.78, 5) is 11.4. The fourth-order valence-corrected chi connectivity index (χ4v) is 9.48. The number of carboxylic acid groups (broad SMARTS) is 1. The number of carboxylic acids is 1. The predicted octanol–water partition coefficient (Wildman–Crippen LogP) is 4.33. The Bertz CT molecular complexity index is 678. The molecule has 4 unspecified atom stereocenters. The molecule has 0 heterocycles. The fraction of sp³-hybridized carbons (Fsp3) is 0.960. The normalized spacial score (nSPS) is 57.3. The number of aliphatic hydroxyl groups is 2. The van der Waals surface area contributed by atoms with E-state index in [0.29, 0.717) is 41.4 Å². The molecule has 0 aromatic rings. The van der Waals surface area contributed by atoms with Crippen LogP contribution in [0.4, 0.5) is 0 Å². The standard InChI is InChI=1S/C25H40O4/c1-13(16-12-17(16)23(28)29)18-4-5-19-22-20(7-9-25(18,19)3)24(2)8-6-15(26)10-14(24)11-21(22)27/h13-22,26-27H,4-12H2,1-3H3,(H,28,29)/t13-,14+,15-,16?,17-,18-,19?,20?,21-,22?,24+,25-/m1/s1. The zero-order chi connectivity index (χ0) is 20.7. The minimum Gasteiger partial charge on any atom is -0.481 e. The molecule has 164 valence electrons. The maximum Gasteiger partial charge on any atom is 0.306 e. The van der Waals surface area contributed by atoms with Gasteiger partial charge in [0.05, 0.1) is 18.1 Å². The van der Waals surface area contributed by atoms with Crippen LogP contribution < -0.4 is 0 Å². The summed E-state index contributed by atoms with van der Waals surface area (Å²) < 4.78 is 0. The Hall–Kier alpha value is -0.610. The molecule has 12 atom stereocenters. The van der Waals surface area contributed by atoms with Crippen molar-refractivity contribution < 1.29 is 20.1 Å². The molecule has 0 aliphatic heterocycles. The van der Waals surface area contributed by atoms with Crippen LogP contribution in [0.2, 0.25) is 0 Å². The van der Waals surface area contributed by atoms with E-state index >= 15 is 0 Å². The van der Waals surface area contributed by atoms with Crippen LogP contribution in [0.1, 0.15) is 78.6 Å². The first kappa shape index (κ1) is 20.3. The van der Waals surface area contributed by atoms with Gasteiger partial charge in [0.2, 0.25) is 0 Å². The van der Waals surface area contributed by atoms with Crippen LogP contribution in [-0.4, -0.2) is 33.5 Å². The van der Waals surface area contributed by atoms with Gasteiger partial charge in [-0.1, -0.05) is 20.8 Å². The van der Waals surface area contributed by atoms with E-state index in [-0.39, 0.29) is 29.0 Å². The van der Waals surface area contributed by atoms with E-state index in [1.54, 1.807) is 0 Å². The third kappa shape index (κ3) is 2.87. The van der Waals surface area contributed by atoms with Crippen LogP contribution in [0.25, 0.3) is 0 Å². The van der Waals surface area contributed by atoms with Crippen molar-refractivity contribution in [3.05, 3.63) is 0 Å². The number of rotatable bonds is 3. The van der Waals surface area contributed by atoms with Crippen molar-refractivity contribution in [2.45, 2.75) is 90.8 Å². The fourth-order valence-electron chi connectivity index (χ4n) is 9.48. The molecule has 5 saturated carbocycles. The molecule has 3 N–H and O–H groups in total. The van der Waals surface area contributed by atoms with Gasteiger partial charge in [-0.3, -0.25) is 4.79 Å². The van der Waals surface area contributed by atoms with Crippen LogP contribution in [0.15, 0.2) is 0 Å². The van der Waals surface area contributed by atoms with Gasteiger partial charge in [0.15, 0.2) is 0 Å². The van der Waals surface area contributed by atoms with Gasteiger partial charge in [0.1, 0.15) is 0 Å². The number of hydrogen-bond donors (Lipinski definition) is 3. The summed E-state index contributed by atoms with van der Waals surface area (Å²) in [6.45, 7) is 7.26. The van der Waals surface area contributed by atoms with E-state index < -0.39 is 5.97 Å². The average Bonchev–Trinajstić information content (AvgIpc) is 3.39. The Morgan fingerprint density at radius 3 is 2.31 bits per heavy atom. The van der Waals surface area contributed by atoms with Crippen molar-refractivity contribution in [3.8, 4) is 0 Å². The van der Waals surface area contributed by atoms with Crippen molar-refractivity contribution >= 4 is 5.97 Å². The maximum atomic E-state index is 11.4. The Balaban J connectivity index is 1.39. The van der Waals surface area contributed by atoms with Crippen molar-refractivity contribution in [1.29, 1.82) is 0 Å². The maximum absolute atomic E-state index is 11.4. The number of aliphatic carboxylic acids is 1. The minimum atomic E-state index is -0.605. The third-order valence-corrected chi connectivity index (χ3v) is 11.2. The smallest absolute Gasteiger partial charge is 0.306 e. The lowest BCUT2D eigenvalue weighted by molar-refractivity contribution is -0.174. The quantitative estimate of drug-likeness (QED) is 0.654. The number of fused-ring (bicyclic) bond motifs is 5. The molecule has 29 heavy (non-hydrogen) atoms. The highest BCUT2D eigenvalue weighted by Crippen LogP contribution is 2.69. The predicted molar refractivity (Wildman–Crippen MR) is 111 cm³/mol. The molecule has 0 bridgehead atoms. The number of aliphatic hydroxyl groups excluding tert-OH is 2. The van der Waals surface area contributed by atoms with Gasteiger partial charge in [-0.15, -0.1) is 0 Å². The van der Waals surface area contributed by atoms with Gasteiger partial charge in [0.25, 0.3) is 0 Å². The first-order chi connectivity index (χ1) is 13.7. The second kappa shape index (κ2) is 6.69. The largest absolute Gasteiger partial charge is 0.481 e. The molecule has 0 aromatic carbocycles. The Morgan fingerprint density at radius 2 is 1.62 bits per heavy atom. The third-order valence-electron chi connectivity index (χ3n) is 11.2. The SMILES string of the molecule is C[C@H](C1C[C@H]1C(=O)O)[C@H]1CCC2C3C(CC[C@@]21C)[C@@]1(C)CC[C@@H](O)C[C@H]1C[C@H]3O. The Kier molecular flexibility index (Phi) is 4.68. The van der Waals surface area contributed by atoms with E-state index in [1.807, 2.05) is 0 Å². The lowest BCUT2D eigenvalue weighted by Crippen LogP contribution is -2.58. The molecule has 0 radical (unpaired) electrons. The highest BCUT2D eigenvalue weighted by molar-refractivity contribution is 5.73. The van der Waals surface area contributed by atoms with Gasteiger partial charge < -0.3 is 15.3 Å². The van der Waals surface area contributed by atoms with Crippen molar-refractivity contribution in [1.82, 2.24) is 0 Å². The van der Waals surface area contributed by atoms with Crippen LogP contribution in [0.5, 0.6) is 0 Å². The average molecular weight is 405 g/mol. The van der Waals surface area contributed by atoms with Gasteiger partial charge in [-0.25, -0.2) is 0 Å². The second-order valence-electron chi connectivity index (χ2n) is 12.2. The summed E-state index contributed by atoms with van der Waals surface area (Å²) in [5, 5.41) is 30.9. The van der Waals surface area contributed by atoms with E-state index in [1.165, 1.54) is 25.7 Å². The van der Waals surface area contributed by atoms with Gasteiger partial charge in [-0.05, 0) is 110 Å². The minimum absolute atomic E-state index is 0.113. The summed E-state index contributed by atoms with van der Waals surface area (Å²) >= 11 is 0. The highest BCUT2D eigenvalue weighted by atomic mass is 16.4. The molecular formula is C25H40O4. The topological polar surface area (TPSA) is 77.8 Å². The van der Waals surface area contributed by atoms with Crippen LogP contribution in [-0.2, 0) is 4.79 Å². The highest BCUT2D eigenvalue weighted by Gasteiger charge is 2.64. The lowest BCUT2D eigenvalue weighted by Gasteiger charge is -2.62. The first-order valence-corrected chi connectivity index (χ1v) is 12.3. The summed E-state index contributed by atoms with van der Waals surface area (Å²) in [7, 11) is 0. The monoisotopic (exact) mass is 404 g/mol. The van der Waals surface area contributed by atoms with Crippen molar-refractivity contribution in [2.75, 3.05) is 0 Å². The molecule has 5 aliphatic rings. The summed E-state index contributed by atoms with van der Waals surface area (Å²) in [5.74, 6) is 2.76. The summed E-state index contributed by atoms with van der Waals surface area (Å²) in [6.07, 6.45) is 9.08. The molecule has 4 heteroatoms. The molecular weight excluding hydrogens is 364 g/mol. The van der Waals surface area contributed by atoms with Crippen molar-refractivity contribution in [2.24, 2.45) is 58.2 Å². The van der Waals surface area contributed by atoms with Crippen LogP contribution >= 0.6 is 0 Å². The summed E-state index contributed by atoms with van der Waals surface area (Å²) in [6, 6.07) is 0.